The Morgan fingerprint density at radius 2 is 2.33 bits per heavy atom. The van der Waals surface area contributed by atoms with Crippen LogP contribution < -0.4 is 5.73 Å². The summed E-state index contributed by atoms with van der Waals surface area (Å²) in [5.41, 5.74) is 6.51. The molecule has 0 amide bonds. The first-order chi connectivity index (χ1) is 7.13. The van der Waals surface area contributed by atoms with Crippen LogP contribution in [0.25, 0.3) is 0 Å². The molecule has 0 unspecified atom stereocenters. The second-order valence-electron chi connectivity index (χ2n) is 3.21. The number of phenolic OH excluding ortho intramolecular Hbond substituents is 1. The van der Waals surface area contributed by atoms with E-state index in [9.17, 15) is 9.90 Å². The molecular weight excluding hydrogens is 194 g/mol. The van der Waals surface area contributed by atoms with E-state index in [2.05, 4.69) is 0 Å². The molecule has 4 heteroatoms. The monoisotopic (exact) mass is 209 g/mol. The van der Waals surface area contributed by atoms with Crippen molar-refractivity contribution in [3.8, 4) is 5.75 Å². The minimum absolute atomic E-state index is 0.122. The van der Waals surface area contributed by atoms with Crippen LogP contribution in [0.1, 0.15) is 24.9 Å². The summed E-state index contributed by atoms with van der Waals surface area (Å²) < 4.78 is 4.78. The Morgan fingerprint density at radius 1 is 1.60 bits per heavy atom. The van der Waals surface area contributed by atoms with Crippen LogP contribution >= 0.6 is 0 Å². The summed E-state index contributed by atoms with van der Waals surface area (Å²) in [6.45, 7) is 2.10. The Bertz CT molecular complexity index is 338. The number of hydrogen-bond donors (Lipinski definition) is 2. The van der Waals surface area contributed by atoms with Gasteiger partial charge in [-0.15, -0.1) is 0 Å². The fourth-order valence-electron chi connectivity index (χ4n) is 1.27. The van der Waals surface area contributed by atoms with E-state index >= 15 is 0 Å². The van der Waals surface area contributed by atoms with Crippen LogP contribution in [0, 0.1) is 0 Å². The highest BCUT2D eigenvalue weighted by Crippen LogP contribution is 2.19. The summed E-state index contributed by atoms with van der Waals surface area (Å²) in [5.74, 6) is -0.180. The maximum absolute atomic E-state index is 11.1. The van der Waals surface area contributed by atoms with Crippen LogP contribution in [-0.4, -0.2) is 17.7 Å². The Morgan fingerprint density at radius 3 is 2.93 bits per heavy atom. The van der Waals surface area contributed by atoms with Gasteiger partial charge in [-0.2, -0.15) is 0 Å². The lowest BCUT2D eigenvalue weighted by Crippen LogP contribution is -2.17. The summed E-state index contributed by atoms with van der Waals surface area (Å²) in [6, 6.07) is 6.13. The van der Waals surface area contributed by atoms with Gasteiger partial charge in [0.2, 0.25) is 0 Å². The molecule has 0 spiro atoms. The van der Waals surface area contributed by atoms with Crippen molar-refractivity contribution in [1.29, 1.82) is 0 Å². The van der Waals surface area contributed by atoms with Crippen molar-refractivity contribution in [2.75, 3.05) is 6.61 Å². The van der Waals surface area contributed by atoms with Gasteiger partial charge in [0.1, 0.15) is 5.75 Å². The lowest BCUT2D eigenvalue weighted by Gasteiger charge is -2.11. The molecule has 0 saturated carbocycles. The van der Waals surface area contributed by atoms with E-state index < -0.39 is 6.04 Å². The number of aromatic hydroxyl groups is 1. The number of carbonyl (C=O) groups is 1. The predicted molar refractivity (Wildman–Crippen MR) is 56.3 cm³/mol. The van der Waals surface area contributed by atoms with Gasteiger partial charge in [0.15, 0.2) is 0 Å². The minimum atomic E-state index is -0.434. The molecule has 0 fully saturated rings. The molecule has 0 aliphatic heterocycles. The van der Waals surface area contributed by atoms with E-state index in [0.29, 0.717) is 6.61 Å². The molecule has 0 bridgehead atoms. The van der Waals surface area contributed by atoms with Crippen molar-refractivity contribution in [3.63, 3.8) is 0 Å². The Kier molecular flexibility index (Phi) is 4.12. The number of carbonyl (C=O) groups excluding carboxylic acids is 1. The number of hydrogen-bond acceptors (Lipinski definition) is 4. The van der Waals surface area contributed by atoms with Crippen LogP contribution in [0.2, 0.25) is 0 Å². The summed E-state index contributed by atoms with van der Waals surface area (Å²) in [6.07, 6.45) is 0.122. The number of esters is 1. The first kappa shape index (κ1) is 11.5. The molecule has 4 nitrogen and oxygen atoms in total. The SMILES string of the molecule is CCOC(=O)C[C@H](N)c1cccc(O)c1. The topological polar surface area (TPSA) is 72.5 Å². The number of nitrogens with two attached hydrogens (primary N) is 1. The Hall–Kier alpha value is -1.55. The van der Waals surface area contributed by atoms with Crippen molar-refractivity contribution >= 4 is 5.97 Å². The Balaban J connectivity index is 2.60. The molecule has 0 aliphatic rings. The fraction of sp³-hybridized carbons (Fsp3) is 0.364. The van der Waals surface area contributed by atoms with Gasteiger partial charge in [-0.3, -0.25) is 4.79 Å². The van der Waals surface area contributed by atoms with E-state index in [0.717, 1.165) is 5.56 Å². The van der Waals surface area contributed by atoms with Crippen molar-refractivity contribution in [2.45, 2.75) is 19.4 Å². The molecule has 0 heterocycles. The van der Waals surface area contributed by atoms with E-state index in [1.54, 1.807) is 31.2 Å². The lowest BCUT2D eigenvalue weighted by atomic mass is 10.0. The molecule has 1 atom stereocenters. The van der Waals surface area contributed by atoms with Crippen molar-refractivity contribution in [2.24, 2.45) is 5.73 Å². The van der Waals surface area contributed by atoms with Gasteiger partial charge >= 0.3 is 5.97 Å². The summed E-state index contributed by atoms with van der Waals surface area (Å²) in [5, 5.41) is 9.23. The molecule has 3 N–H and O–H groups in total. The van der Waals surface area contributed by atoms with E-state index in [1.165, 1.54) is 0 Å². The summed E-state index contributed by atoms with van der Waals surface area (Å²) >= 11 is 0. The highest BCUT2D eigenvalue weighted by atomic mass is 16.5. The first-order valence-electron chi connectivity index (χ1n) is 4.83. The second-order valence-corrected chi connectivity index (χ2v) is 3.21. The van der Waals surface area contributed by atoms with Gasteiger partial charge in [-0.1, -0.05) is 12.1 Å². The van der Waals surface area contributed by atoms with Gasteiger partial charge in [-0.05, 0) is 24.6 Å². The molecular formula is C11H15NO3. The van der Waals surface area contributed by atoms with E-state index in [1.807, 2.05) is 0 Å². The smallest absolute Gasteiger partial charge is 0.307 e. The van der Waals surface area contributed by atoms with Crippen LogP contribution in [0.15, 0.2) is 24.3 Å². The Labute approximate surface area is 88.7 Å². The third-order valence-electron chi connectivity index (χ3n) is 1.99. The minimum Gasteiger partial charge on any atom is -0.508 e. The standard InChI is InChI=1S/C11H15NO3/c1-2-15-11(14)7-10(12)8-4-3-5-9(13)6-8/h3-6,10,13H,2,7,12H2,1H3/t10-/m0/s1. The average Bonchev–Trinajstić information content (AvgIpc) is 2.18. The van der Waals surface area contributed by atoms with Gasteiger partial charge in [0.05, 0.1) is 13.0 Å². The molecule has 0 aromatic heterocycles. The molecule has 0 radical (unpaired) electrons. The van der Waals surface area contributed by atoms with Gasteiger partial charge in [0, 0.05) is 6.04 Å². The van der Waals surface area contributed by atoms with E-state index in [-0.39, 0.29) is 18.1 Å². The molecule has 1 aromatic carbocycles. The third-order valence-corrected chi connectivity index (χ3v) is 1.99. The van der Waals surface area contributed by atoms with Crippen molar-refractivity contribution < 1.29 is 14.6 Å². The number of ether oxygens (including phenoxy) is 1. The number of phenols is 1. The molecule has 1 aromatic rings. The zero-order valence-electron chi connectivity index (χ0n) is 8.64. The largest absolute Gasteiger partial charge is 0.508 e. The van der Waals surface area contributed by atoms with Crippen LogP contribution in [0.3, 0.4) is 0 Å². The summed E-state index contributed by atoms with van der Waals surface area (Å²) in [7, 11) is 0. The summed E-state index contributed by atoms with van der Waals surface area (Å²) in [4.78, 5) is 11.1. The molecule has 0 aliphatic carbocycles. The normalized spacial score (nSPS) is 12.1. The highest BCUT2D eigenvalue weighted by molar-refractivity contribution is 5.70. The zero-order chi connectivity index (χ0) is 11.3. The predicted octanol–water partition coefficient (Wildman–Crippen LogP) is 1.35. The maximum atomic E-state index is 11.1. The van der Waals surface area contributed by atoms with Crippen LogP contribution in [0.4, 0.5) is 0 Å². The van der Waals surface area contributed by atoms with Crippen LogP contribution in [-0.2, 0) is 9.53 Å². The molecule has 0 saturated heterocycles. The molecule has 82 valence electrons. The number of benzene rings is 1. The third kappa shape index (κ3) is 3.59. The second kappa shape index (κ2) is 5.36. The maximum Gasteiger partial charge on any atom is 0.307 e. The van der Waals surface area contributed by atoms with Gasteiger partial charge in [0.25, 0.3) is 0 Å². The van der Waals surface area contributed by atoms with Crippen LogP contribution in [0.5, 0.6) is 5.75 Å². The number of rotatable bonds is 4. The fourth-order valence-corrected chi connectivity index (χ4v) is 1.27. The highest BCUT2D eigenvalue weighted by Gasteiger charge is 2.12. The van der Waals surface area contributed by atoms with E-state index in [4.69, 9.17) is 10.5 Å². The molecule has 1 rings (SSSR count). The van der Waals surface area contributed by atoms with Gasteiger partial charge in [-0.25, -0.2) is 0 Å². The van der Waals surface area contributed by atoms with Crippen molar-refractivity contribution in [3.05, 3.63) is 29.8 Å². The zero-order valence-corrected chi connectivity index (χ0v) is 8.64. The molecule has 15 heavy (non-hydrogen) atoms. The van der Waals surface area contributed by atoms with Gasteiger partial charge < -0.3 is 15.6 Å². The first-order valence-corrected chi connectivity index (χ1v) is 4.83. The van der Waals surface area contributed by atoms with Crippen molar-refractivity contribution in [1.82, 2.24) is 0 Å². The quantitative estimate of drug-likeness (QED) is 0.734. The lowest BCUT2D eigenvalue weighted by molar-refractivity contribution is -0.143. The average molecular weight is 209 g/mol.